The zero-order chi connectivity index (χ0) is 15.0. The molecule has 4 nitrogen and oxygen atoms in total. The molecular formula is C16H16FN3O. The van der Waals surface area contributed by atoms with Crippen molar-refractivity contribution in [2.75, 3.05) is 7.11 Å². The van der Waals surface area contributed by atoms with Crippen molar-refractivity contribution >= 4 is 10.9 Å². The van der Waals surface area contributed by atoms with Crippen molar-refractivity contribution in [3.05, 3.63) is 59.5 Å². The standard InChI is InChI=1S/C16H16FN3O/c1-20-12-8-4-3-6-10(12)16(19-20)15(18)11-7-5-9-13(21-2)14(11)17/h3-9,15H,18H2,1-2H3. The summed E-state index contributed by atoms with van der Waals surface area (Å²) in [5.41, 5.74) is 8.24. The number of ether oxygens (including phenoxy) is 1. The molecule has 5 heteroatoms. The Morgan fingerprint density at radius 1 is 1.19 bits per heavy atom. The highest BCUT2D eigenvalue weighted by molar-refractivity contribution is 5.82. The minimum atomic E-state index is -0.647. The van der Waals surface area contributed by atoms with Crippen LogP contribution in [0, 0.1) is 5.82 Å². The molecule has 0 aliphatic rings. The Hall–Kier alpha value is -2.40. The number of benzene rings is 2. The highest BCUT2D eigenvalue weighted by Crippen LogP contribution is 2.30. The predicted molar refractivity (Wildman–Crippen MR) is 79.7 cm³/mol. The van der Waals surface area contributed by atoms with Gasteiger partial charge in [-0.15, -0.1) is 0 Å². The predicted octanol–water partition coefficient (Wildman–Crippen LogP) is 2.77. The van der Waals surface area contributed by atoms with Crippen molar-refractivity contribution in [1.29, 1.82) is 0 Å². The maximum atomic E-state index is 14.4. The van der Waals surface area contributed by atoms with Gasteiger partial charge in [0, 0.05) is 18.0 Å². The number of aromatic nitrogens is 2. The molecule has 1 unspecified atom stereocenters. The summed E-state index contributed by atoms with van der Waals surface area (Å²) in [4.78, 5) is 0. The zero-order valence-corrected chi connectivity index (χ0v) is 11.9. The Morgan fingerprint density at radius 2 is 1.95 bits per heavy atom. The van der Waals surface area contributed by atoms with Crippen molar-refractivity contribution in [2.24, 2.45) is 12.8 Å². The Balaban J connectivity index is 2.15. The molecule has 1 atom stereocenters. The lowest BCUT2D eigenvalue weighted by atomic mass is 10.0. The molecule has 0 bridgehead atoms. The first-order chi connectivity index (χ1) is 10.1. The number of nitrogens with zero attached hydrogens (tertiary/aromatic N) is 2. The number of para-hydroxylation sites is 1. The molecule has 2 aromatic carbocycles. The normalized spacial score (nSPS) is 12.6. The summed E-state index contributed by atoms with van der Waals surface area (Å²) in [5.74, 6) is -0.259. The summed E-state index contributed by atoms with van der Waals surface area (Å²) in [6.45, 7) is 0. The van der Waals surface area contributed by atoms with Crippen LogP contribution in [0.3, 0.4) is 0 Å². The number of fused-ring (bicyclic) bond motifs is 1. The SMILES string of the molecule is COc1cccc(C(N)c2nn(C)c3ccccc23)c1F. The Morgan fingerprint density at radius 3 is 2.71 bits per heavy atom. The quantitative estimate of drug-likeness (QED) is 0.805. The van der Waals surface area contributed by atoms with Crippen molar-refractivity contribution in [3.63, 3.8) is 0 Å². The Labute approximate surface area is 121 Å². The van der Waals surface area contributed by atoms with Gasteiger partial charge in [0.15, 0.2) is 11.6 Å². The van der Waals surface area contributed by atoms with E-state index in [9.17, 15) is 4.39 Å². The summed E-state index contributed by atoms with van der Waals surface area (Å²) in [6.07, 6.45) is 0. The molecule has 0 radical (unpaired) electrons. The molecule has 0 aliphatic carbocycles. The van der Waals surface area contributed by atoms with Gasteiger partial charge in [-0.1, -0.05) is 30.3 Å². The lowest BCUT2D eigenvalue weighted by Crippen LogP contribution is -2.15. The number of nitrogens with two attached hydrogens (primary N) is 1. The lowest BCUT2D eigenvalue weighted by molar-refractivity contribution is 0.383. The van der Waals surface area contributed by atoms with Crippen LogP contribution in [-0.2, 0) is 7.05 Å². The van der Waals surface area contributed by atoms with E-state index in [1.807, 2.05) is 31.3 Å². The summed E-state index contributed by atoms with van der Waals surface area (Å²) < 4.78 is 21.1. The highest BCUT2D eigenvalue weighted by Gasteiger charge is 2.21. The van der Waals surface area contributed by atoms with Gasteiger partial charge in [0.05, 0.1) is 24.4 Å². The van der Waals surface area contributed by atoms with E-state index in [2.05, 4.69) is 5.10 Å². The third-order valence-corrected chi connectivity index (χ3v) is 3.63. The Kier molecular flexibility index (Phi) is 3.35. The maximum absolute atomic E-state index is 14.4. The number of methoxy groups -OCH3 is 1. The molecule has 3 aromatic rings. The van der Waals surface area contributed by atoms with E-state index in [0.717, 1.165) is 10.9 Å². The molecule has 0 saturated heterocycles. The van der Waals surface area contributed by atoms with Crippen molar-refractivity contribution in [2.45, 2.75) is 6.04 Å². The number of rotatable bonds is 3. The monoisotopic (exact) mass is 285 g/mol. The third-order valence-electron chi connectivity index (χ3n) is 3.63. The van der Waals surface area contributed by atoms with Crippen LogP contribution in [0.2, 0.25) is 0 Å². The van der Waals surface area contributed by atoms with Crippen LogP contribution in [0.5, 0.6) is 5.75 Å². The summed E-state index contributed by atoms with van der Waals surface area (Å²) in [5, 5.41) is 5.37. The Bertz CT molecular complexity index is 797. The van der Waals surface area contributed by atoms with Crippen LogP contribution in [0.15, 0.2) is 42.5 Å². The average molecular weight is 285 g/mol. The lowest BCUT2D eigenvalue weighted by Gasteiger charge is -2.13. The molecular weight excluding hydrogens is 269 g/mol. The molecule has 3 rings (SSSR count). The number of aryl methyl sites for hydroxylation is 1. The first-order valence-electron chi connectivity index (χ1n) is 6.63. The van der Waals surface area contributed by atoms with Gasteiger partial charge < -0.3 is 10.5 Å². The van der Waals surface area contributed by atoms with Gasteiger partial charge in [-0.2, -0.15) is 5.10 Å². The molecule has 1 aromatic heterocycles. The summed E-state index contributed by atoms with van der Waals surface area (Å²) >= 11 is 0. The topological polar surface area (TPSA) is 53.1 Å². The fourth-order valence-corrected chi connectivity index (χ4v) is 2.54. The third kappa shape index (κ3) is 2.15. The fourth-order valence-electron chi connectivity index (χ4n) is 2.54. The fraction of sp³-hybridized carbons (Fsp3) is 0.188. The van der Waals surface area contributed by atoms with Crippen molar-refractivity contribution in [1.82, 2.24) is 9.78 Å². The van der Waals surface area contributed by atoms with E-state index < -0.39 is 11.9 Å². The maximum Gasteiger partial charge on any atom is 0.170 e. The second kappa shape index (κ2) is 5.18. The van der Waals surface area contributed by atoms with Crippen LogP contribution in [0.25, 0.3) is 10.9 Å². The number of halogens is 1. The molecule has 0 spiro atoms. The molecule has 21 heavy (non-hydrogen) atoms. The van der Waals surface area contributed by atoms with E-state index in [1.54, 1.807) is 22.9 Å². The largest absolute Gasteiger partial charge is 0.494 e. The molecule has 2 N–H and O–H groups in total. The molecule has 0 aliphatic heterocycles. The van der Waals surface area contributed by atoms with E-state index in [-0.39, 0.29) is 5.75 Å². The van der Waals surface area contributed by atoms with Gasteiger partial charge in [-0.05, 0) is 12.1 Å². The van der Waals surface area contributed by atoms with Gasteiger partial charge in [-0.3, -0.25) is 4.68 Å². The van der Waals surface area contributed by atoms with Gasteiger partial charge in [0.1, 0.15) is 0 Å². The summed E-state index contributed by atoms with van der Waals surface area (Å²) in [7, 11) is 3.28. The first-order valence-corrected chi connectivity index (χ1v) is 6.63. The number of hydrogen-bond acceptors (Lipinski definition) is 3. The van der Waals surface area contributed by atoms with Crippen LogP contribution in [0.1, 0.15) is 17.3 Å². The minimum absolute atomic E-state index is 0.184. The van der Waals surface area contributed by atoms with E-state index in [1.165, 1.54) is 7.11 Å². The molecule has 0 saturated carbocycles. The summed E-state index contributed by atoms with van der Waals surface area (Å²) in [6, 6.07) is 12.1. The van der Waals surface area contributed by atoms with Gasteiger partial charge in [0.25, 0.3) is 0 Å². The van der Waals surface area contributed by atoms with Gasteiger partial charge >= 0.3 is 0 Å². The van der Waals surface area contributed by atoms with E-state index in [4.69, 9.17) is 10.5 Å². The minimum Gasteiger partial charge on any atom is -0.494 e. The molecule has 1 heterocycles. The van der Waals surface area contributed by atoms with Crippen LogP contribution in [0.4, 0.5) is 4.39 Å². The molecule has 0 amide bonds. The second-order valence-corrected chi connectivity index (χ2v) is 4.87. The van der Waals surface area contributed by atoms with Crippen LogP contribution < -0.4 is 10.5 Å². The van der Waals surface area contributed by atoms with Crippen molar-refractivity contribution < 1.29 is 9.13 Å². The van der Waals surface area contributed by atoms with Crippen molar-refractivity contribution in [3.8, 4) is 5.75 Å². The van der Waals surface area contributed by atoms with Crippen LogP contribution in [-0.4, -0.2) is 16.9 Å². The number of hydrogen-bond donors (Lipinski definition) is 1. The first kappa shape index (κ1) is 13.6. The molecule has 0 fully saturated rings. The second-order valence-electron chi connectivity index (χ2n) is 4.87. The smallest absolute Gasteiger partial charge is 0.170 e. The van der Waals surface area contributed by atoms with Gasteiger partial charge in [-0.25, -0.2) is 4.39 Å². The molecule has 108 valence electrons. The zero-order valence-electron chi connectivity index (χ0n) is 11.9. The van der Waals surface area contributed by atoms with E-state index >= 15 is 0 Å². The highest BCUT2D eigenvalue weighted by atomic mass is 19.1. The van der Waals surface area contributed by atoms with Gasteiger partial charge in [0.2, 0.25) is 0 Å². The average Bonchev–Trinajstić information content (AvgIpc) is 2.85. The van der Waals surface area contributed by atoms with Crippen LogP contribution >= 0.6 is 0 Å². The van der Waals surface area contributed by atoms with E-state index in [0.29, 0.717) is 11.3 Å².